The van der Waals surface area contributed by atoms with Crippen LogP contribution >= 0.6 is 11.6 Å². The molecule has 2 fully saturated rings. The van der Waals surface area contributed by atoms with Gasteiger partial charge in [-0.05, 0) is 42.9 Å². The number of hydrogen-bond acceptors (Lipinski definition) is 2. The third-order valence-electron chi connectivity index (χ3n) is 5.03. The summed E-state index contributed by atoms with van der Waals surface area (Å²) < 4.78 is 0. The zero-order valence-electron chi connectivity index (χ0n) is 13.2. The first kappa shape index (κ1) is 16.3. The SMILES string of the molecule is O=C1CC[C@H](C(=O)N[C@H](c2ccc(Cl)cc2)C2CCCC2)CN1. The van der Waals surface area contributed by atoms with Crippen LogP contribution in [0.3, 0.4) is 0 Å². The van der Waals surface area contributed by atoms with Crippen molar-refractivity contribution in [3.8, 4) is 0 Å². The van der Waals surface area contributed by atoms with Crippen molar-refractivity contribution in [2.45, 2.75) is 44.6 Å². The van der Waals surface area contributed by atoms with Crippen molar-refractivity contribution in [2.24, 2.45) is 11.8 Å². The van der Waals surface area contributed by atoms with Crippen molar-refractivity contribution in [2.75, 3.05) is 6.54 Å². The van der Waals surface area contributed by atoms with E-state index in [1.807, 2.05) is 24.3 Å². The highest BCUT2D eigenvalue weighted by Crippen LogP contribution is 2.36. The molecule has 5 heteroatoms. The van der Waals surface area contributed by atoms with Gasteiger partial charge in [-0.25, -0.2) is 0 Å². The number of piperidine rings is 1. The molecule has 23 heavy (non-hydrogen) atoms. The van der Waals surface area contributed by atoms with Crippen molar-refractivity contribution in [1.29, 1.82) is 0 Å². The molecule has 0 aromatic heterocycles. The second-order valence-corrected chi connectivity index (χ2v) is 7.06. The summed E-state index contributed by atoms with van der Waals surface area (Å²) >= 11 is 5.99. The lowest BCUT2D eigenvalue weighted by Crippen LogP contribution is -2.44. The molecule has 4 nitrogen and oxygen atoms in total. The topological polar surface area (TPSA) is 58.2 Å². The Kier molecular flexibility index (Phi) is 5.21. The van der Waals surface area contributed by atoms with Crippen molar-refractivity contribution >= 4 is 23.4 Å². The summed E-state index contributed by atoms with van der Waals surface area (Å²) in [7, 11) is 0. The van der Waals surface area contributed by atoms with Crippen LogP contribution in [0.1, 0.15) is 50.1 Å². The zero-order chi connectivity index (χ0) is 16.2. The molecular weight excluding hydrogens is 312 g/mol. The summed E-state index contributed by atoms with van der Waals surface area (Å²) in [6.07, 6.45) is 5.82. The van der Waals surface area contributed by atoms with E-state index in [0.29, 0.717) is 30.3 Å². The van der Waals surface area contributed by atoms with Gasteiger partial charge in [-0.15, -0.1) is 0 Å². The summed E-state index contributed by atoms with van der Waals surface area (Å²) in [5.41, 5.74) is 1.12. The van der Waals surface area contributed by atoms with Crippen LogP contribution in [0.2, 0.25) is 5.02 Å². The highest BCUT2D eigenvalue weighted by Gasteiger charge is 2.31. The molecule has 1 saturated heterocycles. The maximum Gasteiger partial charge on any atom is 0.225 e. The summed E-state index contributed by atoms with van der Waals surface area (Å²) in [5.74, 6) is 0.457. The van der Waals surface area contributed by atoms with Gasteiger partial charge in [0, 0.05) is 18.0 Å². The number of carbonyl (C=O) groups is 2. The van der Waals surface area contributed by atoms with E-state index in [1.165, 1.54) is 12.8 Å². The third kappa shape index (κ3) is 4.05. The van der Waals surface area contributed by atoms with Crippen LogP contribution in [0.15, 0.2) is 24.3 Å². The summed E-state index contributed by atoms with van der Waals surface area (Å²) in [6.45, 7) is 0.447. The first-order valence-electron chi connectivity index (χ1n) is 8.46. The van der Waals surface area contributed by atoms with Crippen LogP contribution < -0.4 is 10.6 Å². The predicted molar refractivity (Wildman–Crippen MR) is 90.0 cm³/mol. The third-order valence-corrected chi connectivity index (χ3v) is 5.29. The number of benzene rings is 1. The van der Waals surface area contributed by atoms with Gasteiger partial charge in [0.1, 0.15) is 0 Å². The van der Waals surface area contributed by atoms with E-state index in [-0.39, 0.29) is 23.8 Å². The molecule has 1 heterocycles. The van der Waals surface area contributed by atoms with Crippen molar-refractivity contribution in [1.82, 2.24) is 10.6 Å². The van der Waals surface area contributed by atoms with Crippen molar-refractivity contribution < 1.29 is 9.59 Å². The van der Waals surface area contributed by atoms with Gasteiger partial charge in [0.25, 0.3) is 0 Å². The largest absolute Gasteiger partial charge is 0.355 e. The molecule has 2 atom stereocenters. The first-order chi connectivity index (χ1) is 11.1. The minimum Gasteiger partial charge on any atom is -0.355 e. The molecule has 2 amide bonds. The minimum atomic E-state index is -0.121. The first-order valence-corrected chi connectivity index (χ1v) is 8.84. The molecule has 0 radical (unpaired) electrons. The fourth-order valence-electron chi connectivity index (χ4n) is 3.66. The van der Waals surface area contributed by atoms with Gasteiger partial charge < -0.3 is 10.6 Å². The second-order valence-electron chi connectivity index (χ2n) is 6.62. The standard InChI is InChI=1S/C18H23ClN2O2/c19-15-8-5-13(6-9-15)17(12-3-1-2-4-12)21-18(23)14-7-10-16(22)20-11-14/h5-6,8-9,12,14,17H,1-4,7,10-11H2,(H,20,22)(H,21,23)/t14-,17-/m0/s1. The van der Waals surface area contributed by atoms with Crippen LogP contribution in [0.5, 0.6) is 0 Å². The molecule has 124 valence electrons. The van der Waals surface area contributed by atoms with E-state index < -0.39 is 0 Å². The molecular formula is C18H23ClN2O2. The molecule has 0 unspecified atom stereocenters. The van der Waals surface area contributed by atoms with Crippen LogP contribution in [0.25, 0.3) is 0 Å². The van der Waals surface area contributed by atoms with Crippen LogP contribution in [-0.4, -0.2) is 18.4 Å². The molecule has 2 aliphatic rings. The molecule has 3 rings (SSSR count). The lowest BCUT2D eigenvalue weighted by Gasteiger charge is -2.29. The van der Waals surface area contributed by atoms with Crippen LogP contribution in [0.4, 0.5) is 0 Å². The Labute approximate surface area is 142 Å². The molecule has 1 aliphatic carbocycles. The van der Waals surface area contributed by atoms with Gasteiger partial charge >= 0.3 is 0 Å². The smallest absolute Gasteiger partial charge is 0.225 e. The molecule has 2 N–H and O–H groups in total. The molecule has 1 saturated carbocycles. The van der Waals surface area contributed by atoms with Crippen molar-refractivity contribution in [3.63, 3.8) is 0 Å². The maximum atomic E-state index is 12.6. The molecule has 1 aromatic carbocycles. The van der Waals surface area contributed by atoms with E-state index in [0.717, 1.165) is 18.4 Å². The maximum absolute atomic E-state index is 12.6. The van der Waals surface area contributed by atoms with Gasteiger partial charge in [-0.2, -0.15) is 0 Å². The van der Waals surface area contributed by atoms with E-state index >= 15 is 0 Å². The Morgan fingerprint density at radius 3 is 2.48 bits per heavy atom. The monoisotopic (exact) mass is 334 g/mol. The van der Waals surface area contributed by atoms with Gasteiger partial charge in [0.05, 0.1) is 12.0 Å². The lowest BCUT2D eigenvalue weighted by atomic mass is 9.90. The van der Waals surface area contributed by atoms with E-state index in [4.69, 9.17) is 11.6 Å². The predicted octanol–water partition coefficient (Wildman–Crippen LogP) is 3.21. The zero-order valence-corrected chi connectivity index (χ0v) is 13.9. The Bertz CT molecular complexity index is 557. The Hall–Kier alpha value is -1.55. The van der Waals surface area contributed by atoms with E-state index in [1.54, 1.807) is 0 Å². The van der Waals surface area contributed by atoms with Gasteiger partial charge in [-0.1, -0.05) is 36.6 Å². The highest BCUT2D eigenvalue weighted by atomic mass is 35.5. The van der Waals surface area contributed by atoms with Crippen LogP contribution in [0, 0.1) is 11.8 Å². The Morgan fingerprint density at radius 1 is 1.17 bits per heavy atom. The average molecular weight is 335 g/mol. The number of halogens is 1. The van der Waals surface area contributed by atoms with Gasteiger partial charge in [0.2, 0.25) is 11.8 Å². The number of rotatable bonds is 4. The average Bonchev–Trinajstić information content (AvgIpc) is 3.08. The Morgan fingerprint density at radius 2 is 1.87 bits per heavy atom. The second kappa shape index (κ2) is 7.35. The number of carbonyl (C=O) groups excluding carboxylic acids is 2. The van der Waals surface area contributed by atoms with E-state index in [2.05, 4.69) is 10.6 Å². The summed E-state index contributed by atoms with van der Waals surface area (Å²) in [6, 6.07) is 7.82. The fourth-order valence-corrected chi connectivity index (χ4v) is 3.79. The normalized spacial score (nSPS) is 23.3. The molecule has 1 aliphatic heterocycles. The Balaban J connectivity index is 1.71. The van der Waals surface area contributed by atoms with Gasteiger partial charge in [0.15, 0.2) is 0 Å². The number of hydrogen-bond donors (Lipinski definition) is 2. The number of nitrogens with one attached hydrogen (secondary N) is 2. The molecule has 1 aromatic rings. The lowest BCUT2D eigenvalue weighted by molar-refractivity contribution is -0.129. The summed E-state index contributed by atoms with van der Waals surface area (Å²) in [4.78, 5) is 23.9. The van der Waals surface area contributed by atoms with E-state index in [9.17, 15) is 9.59 Å². The highest BCUT2D eigenvalue weighted by molar-refractivity contribution is 6.30. The van der Waals surface area contributed by atoms with Gasteiger partial charge in [-0.3, -0.25) is 9.59 Å². The molecule has 0 bridgehead atoms. The molecule has 0 spiro atoms. The number of amides is 2. The van der Waals surface area contributed by atoms with Crippen LogP contribution in [-0.2, 0) is 9.59 Å². The summed E-state index contributed by atoms with van der Waals surface area (Å²) in [5, 5.41) is 6.74. The fraction of sp³-hybridized carbons (Fsp3) is 0.556. The minimum absolute atomic E-state index is 0.0408. The quantitative estimate of drug-likeness (QED) is 0.888. The van der Waals surface area contributed by atoms with Crippen molar-refractivity contribution in [3.05, 3.63) is 34.9 Å².